The molecule has 1 aromatic heterocycles. The normalized spacial score (nSPS) is 13.2. The quantitative estimate of drug-likeness (QED) is 0.526. The van der Waals surface area contributed by atoms with Gasteiger partial charge in [0, 0.05) is 58.7 Å². The molecule has 2 N–H and O–H groups in total. The van der Waals surface area contributed by atoms with Crippen LogP contribution in [0.2, 0.25) is 0 Å². The smallest absolute Gasteiger partial charge is 0.155 e. The van der Waals surface area contributed by atoms with Crippen LogP contribution >= 0.6 is 0 Å². The van der Waals surface area contributed by atoms with Gasteiger partial charge in [0.1, 0.15) is 5.82 Å². The van der Waals surface area contributed by atoms with Crippen molar-refractivity contribution in [3.8, 4) is 0 Å². The molecule has 0 aliphatic carbocycles. The van der Waals surface area contributed by atoms with Crippen molar-refractivity contribution in [3.05, 3.63) is 48.7 Å². The van der Waals surface area contributed by atoms with Gasteiger partial charge in [-0.3, -0.25) is 4.68 Å². The van der Waals surface area contributed by atoms with Gasteiger partial charge in [-0.15, -0.1) is 19.7 Å². The van der Waals surface area contributed by atoms with Crippen LogP contribution in [0.1, 0.15) is 6.42 Å². The van der Waals surface area contributed by atoms with Gasteiger partial charge in [-0.2, -0.15) is 5.10 Å². The Hall–Kier alpha value is -1.44. The van der Waals surface area contributed by atoms with Crippen LogP contribution < -0.4 is 15.5 Å². The maximum Gasteiger partial charge on any atom is 0.155 e. The molecule has 8 heteroatoms. The Morgan fingerprint density at radius 2 is 2.00 bits per heavy atom. The number of hydrogen-bond donors (Lipinski definition) is 2. The number of anilines is 2. The summed E-state index contributed by atoms with van der Waals surface area (Å²) in [6, 6.07) is 3.44. The number of rotatable bonds is 6. The third-order valence-corrected chi connectivity index (χ3v) is 4.19. The van der Waals surface area contributed by atoms with E-state index in [9.17, 15) is 4.39 Å². The minimum absolute atomic E-state index is 0. The molecule has 0 atom stereocenters. The second-order valence-corrected chi connectivity index (χ2v) is 5.94. The molecule has 145 valence electrons. The topological polar surface area (TPSA) is 59.2 Å². The number of benzene rings is 1. The molecular formula is C19H28FN6Y-. The molecule has 1 aromatic carbocycles. The second kappa shape index (κ2) is 12.1. The molecule has 1 fully saturated rings. The number of hydrogen-bond acceptors (Lipinski definition) is 4. The summed E-state index contributed by atoms with van der Waals surface area (Å²) in [4.78, 5) is 2.05. The van der Waals surface area contributed by atoms with Crippen LogP contribution in [0.3, 0.4) is 0 Å². The fourth-order valence-electron chi connectivity index (χ4n) is 2.83. The molecule has 0 bridgehead atoms. The third-order valence-electron chi connectivity index (χ3n) is 4.19. The second-order valence-electron chi connectivity index (χ2n) is 5.94. The van der Waals surface area contributed by atoms with E-state index < -0.39 is 0 Å². The first-order valence-corrected chi connectivity index (χ1v) is 8.79. The van der Waals surface area contributed by atoms with Gasteiger partial charge in [0.15, 0.2) is 5.82 Å². The maximum absolute atomic E-state index is 14.3. The van der Waals surface area contributed by atoms with Crippen LogP contribution in [0, 0.1) is 5.82 Å². The maximum atomic E-state index is 14.3. The number of piperazine rings is 1. The van der Waals surface area contributed by atoms with E-state index >= 15 is 0 Å². The molecule has 2 heterocycles. The Morgan fingerprint density at radius 3 is 2.59 bits per heavy atom. The van der Waals surface area contributed by atoms with E-state index in [2.05, 4.69) is 34.2 Å². The Labute approximate surface area is 186 Å². The molecule has 1 aliphatic rings. The molecule has 0 amide bonds. The number of halogens is 1. The molecule has 27 heavy (non-hydrogen) atoms. The van der Waals surface area contributed by atoms with Crippen molar-refractivity contribution in [1.29, 1.82) is 0 Å². The number of nitrogens with zero attached hydrogens (tertiary/aromatic N) is 4. The van der Waals surface area contributed by atoms with Gasteiger partial charge in [-0.05, 0) is 37.8 Å². The Morgan fingerprint density at radius 1 is 1.30 bits per heavy atom. The molecule has 0 spiro atoms. The van der Waals surface area contributed by atoms with Crippen LogP contribution in [-0.4, -0.2) is 49.6 Å². The molecule has 1 saturated heterocycles. The predicted octanol–water partition coefficient (Wildman–Crippen LogP) is 3.24. The van der Waals surface area contributed by atoms with Gasteiger partial charge in [-0.1, -0.05) is 12.7 Å². The van der Waals surface area contributed by atoms with Gasteiger partial charge < -0.3 is 20.9 Å². The SMILES string of the molecule is C=CCCNC=C.CNc1nn(C)c2cc(N3CC[N-]CC3)c(F)cc12.[Y]. The fraction of sp³-hybridized carbons (Fsp3) is 0.421. The van der Waals surface area contributed by atoms with E-state index in [0.29, 0.717) is 11.5 Å². The number of nitrogens with one attached hydrogen (secondary N) is 2. The molecule has 1 aliphatic heterocycles. The van der Waals surface area contributed by atoms with E-state index in [4.69, 9.17) is 0 Å². The van der Waals surface area contributed by atoms with Crippen molar-refractivity contribution in [2.24, 2.45) is 7.05 Å². The average Bonchev–Trinajstić information content (AvgIpc) is 2.98. The van der Waals surface area contributed by atoms with Gasteiger partial charge in [0.05, 0.1) is 11.2 Å². The monoisotopic (exact) mass is 448 g/mol. The molecule has 1 radical (unpaired) electrons. The molecule has 0 saturated carbocycles. The van der Waals surface area contributed by atoms with E-state index in [1.807, 2.05) is 24.1 Å². The van der Waals surface area contributed by atoms with Crippen molar-refractivity contribution in [1.82, 2.24) is 15.1 Å². The Kier molecular flexibility index (Phi) is 10.6. The van der Waals surface area contributed by atoms with Crippen molar-refractivity contribution >= 4 is 22.4 Å². The first-order chi connectivity index (χ1) is 12.6. The first-order valence-electron chi connectivity index (χ1n) is 8.79. The van der Waals surface area contributed by atoms with E-state index in [0.717, 1.165) is 50.0 Å². The summed E-state index contributed by atoms with van der Waals surface area (Å²) >= 11 is 0. The van der Waals surface area contributed by atoms with Gasteiger partial charge in [0.25, 0.3) is 0 Å². The molecule has 6 nitrogen and oxygen atoms in total. The average molecular weight is 448 g/mol. The zero-order chi connectivity index (χ0) is 18.9. The van der Waals surface area contributed by atoms with E-state index in [1.54, 1.807) is 24.0 Å². The largest absolute Gasteiger partial charge is 0.659 e. The van der Waals surface area contributed by atoms with Gasteiger partial charge in [0.2, 0.25) is 0 Å². The number of fused-ring (bicyclic) bond motifs is 1. The van der Waals surface area contributed by atoms with Gasteiger partial charge in [-0.25, -0.2) is 4.39 Å². The number of aromatic nitrogens is 2. The van der Waals surface area contributed by atoms with Crippen molar-refractivity contribution in [2.45, 2.75) is 6.42 Å². The standard InChI is InChI=1S/C13H17FN5.C6H11N.Y/c1-15-13-9-7-10(14)12(8-11(9)18(2)17-13)19-5-3-16-4-6-19;1-3-5-6-7-4-2;/h7-8H,3-6H2,1-2H3,(H,15,17);3-4,7H,1-2,5-6H2;/q-1;;. The molecular weight excluding hydrogens is 420 g/mol. The predicted molar refractivity (Wildman–Crippen MR) is 109 cm³/mol. The van der Waals surface area contributed by atoms with Crippen LogP contribution in [0.4, 0.5) is 15.9 Å². The van der Waals surface area contributed by atoms with E-state index in [-0.39, 0.29) is 38.5 Å². The van der Waals surface area contributed by atoms with E-state index in [1.165, 1.54) is 0 Å². The van der Waals surface area contributed by atoms with Crippen LogP contribution in [0.25, 0.3) is 16.2 Å². The van der Waals surface area contributed by atoms with Crippen molar-refractivity contribution < 1.29 is 37.1 Å². The van der Waals surface area contributed by atoms with Crippen LogP contribution in [0.5, 0.6) is 0 Å². The summed E-state index contributed by atoms with van der Waals surface area (Å²) in [6.07, 6.45) is 4.56. The molecule has 3 rings (SSSR count). The Balaban J connectivity index is 0.000000395. The minimum Gasteiger partial charge on any atom is -0.659 e. The summed E-state index contributed by atoms with van der Waals surface area (Å²) in [6.45, 7) is 11.1. The first kappa shape index (κ1) is 23.6. The third kappa shape index (κ3) is 6.30. The summed E-state index contributed by atoms with van der Waals surface area (Å²) in [5, 5.41) is 15.4. The summed E-state index contributed by atoms with van der Waals surface area (Å²) in [7, 11) is 3.66. The zero-order valence-corrected chi connectivity index (χ0v) is 19.0. The molecule has 0 unspecified atom stereocenters. The van der Waals surface area contributed by atoms with Crippen LogP contribution in [0.15, 0.2) is 37.6 Å². The minimum atomic E-state index is -0.195. The van der Waals surface area contributed by atoms with Crippen molar-refractivity contribution in [3.63, 3.8) is 0 Å². The van der Waals surface area contributed by atoms with Crippen molar-refractivity contribution in [2.75, 3.05) is 50.0 Å². The summed E-state index contributed by atoms with van der Waals surface area (Å²) in [5.41, 5.74) is 1.58. The van der Waals surface area contributed by atoms with Gasteiger partial charge >= 0.3 is 0 Å². The fourth-order valence-corrected chi connectivity index (χ4v) is 2.83. The summed E-state index contributed by atoms with van der Waals surface area (Å²) < 4.78 is 16.1. The Bertz CT molecular complexity index is 731. The van der Waals surface area contributed by atoms with Crippen LogP contribution in [-0.2, 0) is 39.8 Å². The number of aryl methyl sites for hydroxylation is 1. The molecule has 2 aromatic rings. The zero-order valence-electron chi connectivity index (χ0n) is 16.2. The summed E-state index contributed by atoms with van der Waals surface area (Å²) in [5.74, 6) is 0.510.